The number of hydrogen-bond acceptors (Lipinski definition) is 8. The second kappa shape index (κ2) is 17.0. The Balaban J connectivity index is 1.25. The quantitative estimate of drug-likeness (QED) is 0.178. The maximum atomic E-state index is 14.2. The van der Waals surface area contributed by atoms with Gasteiger partial charge in [-0.15, -0.1) is 0 Å². The van der Waals surface area contributed by atoms with Gasteiger partial charge in [0.05, 0.1) is 12.6 Å². The van der Waals surface area contributed by atoms with Gasteiger partial charge in [-0.2, -0.15) is 0 Å². The van der Waals surface area contributed by atoms with Gasteiger partial charge in [0.1, 0.15) is 23.9 Å². The molecule has 0 bridgehead atoms. The van der Waals surface area contributed by atoms with Crippen LogP contribution in [-0.2, 0) is 23.8 Å². The Morgan fingerprint density at radius 1 is 0.980 bits per heavy atom. The van der Waals surface area contributed by atoms with Gasteiger partial charge in [-0.3, -0.25) is 9.59 Å². The van der Waals surface area contributed by atoms with Crippen LogP contribution in [0.1, 0.15) is 102 Å². The van der Waals surface area contributed by atoms with Crippen LogP contribution in [0.25, 0.3) is 11.0 Å². The summed E-state index contributed by atoms with van der Waals surface area (Å²) in [4.78, 5) is 54.9. The number of halogens is 1. The van der Waals surface area contributed by atoms with Crippen molar-refractivity contribution in [2.24, 2.45) is 23.7 Å². The van der Waals surface area contributed by atoms with Crippen LogP contribution >= 0.6 is 0 Å². The summed E-state index contributed by atoms with van der Waals surface area (Å²) in [5.41, 5.74) is 0.370. The number of alkyl halides is 1. The fraction of sp³-hybridized carbons (Fsp3) is 0.684. The molecule has 3 fully saturated rings. The number of benzene rings is 1. The minimum atomic E-state index is -0.704. The Kier molecular flexibility index (Phi) is 12.8. The van der Waals surface area contributed by atoms with Gasteiger partial charge in [0.15, 0.2) is 0 Å². The van der Waals surface area contributed by atoms with Crippen molar-refractivity contribution in [2.45, 2.75) is 109 Å². The molecule has 0 radical (unpaired) electrons. The number of methoxy groups -OCH3 is 1. The van der Waals surface area contributed by atoms with Crippen LogP contribution in [0.2, 0.25) is 0 Å². The molecule has 3 aliphatic rings. The molecule has 2 saturated carbocycles. The highest BCUT2D eigenvalue weighted by atomic mass is 19.1. The Labute approximate surface area is 294 Å². The summed E-state index contributed by atoms with van der Waals surface area (Å²) in [7, 11) is 1.59. The molecular weight excluding hydrogens is 645 g/mol. The van der Waals surface area contributed by atoms with Gasteiger partial charge in [0.2, 0.25) is 17.6 Å². The molecule has 1 aliphatic heterocycles. The summed E-state index contributed by atoms with van der Waals surface area (Å²) in [5.74, 6) is -0.611. The third-order valence-corrected chi connectivity index (χ3v) is 10.5. The van der Waals surface area contributed by atoms with E-state index in [-0.39, 0.29) is 41.9 Å². The molecule has 5 rings (SSSR count). The first-order chi connectivity index (χ1) is 24.0. The summed E-state index contributed by atoms with van der Waals surface area (Å²) < 4.78 is 35.3. The topological polar surface area (TPSA) is 136 Å². The zero-order valence-electron chi connectivity index (χ0n) is 30.0. The number of carbonyl (C=O) groups excluding carboxylic acids is 4. The average molecular weight is 700 g/mol. The lowest BCUT2D eigenvalue weighted by molar-refractivity contribution is -0.142. The number of esters is 1. The smallest absolute Gasteiger partial charge is 0.407 e. The molecule has 1 unspecified atom stereocenters. The Bertz CT molecular complexity index is 1470. The molecule has 3 atom stereocenters. The minimum absolute atomic E-state index is 0.0160. The van der Waals surface area contributed by atoms with E-state index in [2.05, 4.69) is 10.6 Å². The van der Waals surface area contributed by atoms with Gasteiger partial charge in [-0.1, -0.05) is 32.1 Å². The normalized spacial score (nSPS) is 23.7. The Hall–Kier alpha value is -3.67. The van der Waals surface area contributed by atoms with E-state index in [1.807, 2.05) is 0 Å². The van der Waals surface area contributed by atoms with Crippen LogP contribution in [0.3, 0.4) is 0 Å². The van der Waals surface area contributed by atoms with Crippen LogP contribution in [0.15, 0.2) is 28.7 Å². The molecular formula is C38H54FN3O8. The maximum Gasteiger partial charge on any atom is 0.407 e. The predicted octanol–water partition coefficient (Wildman–Crippen LogP) is 7.03. The molecule has 12 heteroatoms. The molecule has 1 aromatic carbocycles. The molecule has 2 aromatic rings. The zero-order chi connectivity index (χ0) is 35.8. The van der Waals surface area contributed by atoms with Crippen LogP contribution in [0.5, 0.6) is 0 Å². The first kappa shape index (κ1) is 37.6. The first-order valence-electron chi connectivity index (χ1n) is 18.3. The SMILES string of the molecule is COCCCOC(=O)c1cc2cc(NC(=O)[C@@H]3[C@H](C4CCCCC4)CCN3C(=O)[C@H]3CC[C@H](C(CF)NC(=O)OC(C)(C)C)CC3)ccc2o1. The fourth-order valence-corrected chi connectivity index (χ4v) is 8.08. The number of rotatable bonds is 12. The molecule has 1 saturated heterocycles. The van der Waals surface area contributed by atoms with Crippen molar-refractivity contribution in [3.8, 4) is 0 Å². The summed E-state index contributed by atoms with van der Waals surface area (Å²) in [6.07, 6.45) is 8.65. The van der Waals surface area contributed by atoms with Gasteiger partial charge in [-0.25, -0.2) is 14.0 Å². The van der Waals surface area contributed by atoms with Gasteiger partial charge in [0.25, 0.3) is 0 Å². The number of likely N-dealkylation sites (tertiary alicyclic amines) is 1. The number of anilines is 1. The number of amides is 3. The van der Waals surface area contributed by atoms with E-state index in [4.69, 9.17) is 18.6 Å². The largest absolute Gasteiger partial charge is 0.460 e. The summed E-state index contributed by atoms with van der Waals surface area (Å²) in [6.45, 7) is 5.82. The Morgan fingerprint density at radius 3 is 2.40 bits per heavy atom. The molecule has 2 heterocycles. The number of furan rings is 1. The zero-order valence-corrected chi connectivity index (χ0v) is 30.0. The van der Waals surface area contributed by atoms with Gasteiger partial charge < -0.3 is 34.2 Å². The number of carbonyl (C=O) groups is 4. The molecule has 11 nitrogen and oxygen atoms in total. The predicted molar refractivity (Wildman–Crippen MR) is 186 cm³/mol. The van der Waals surface area contributed by atoms with Gasteiger partial charge in [0, 0.05) is 43.7 Å². The molecule has 50 heavy (non-hydrogen) atoms. The van der Waals surface area contributed by atoms with E-state index < -0.39 is 36.4 Å². The van der Waals surface area contributed by atoms with E-state index in [0.29, 0.717) is 67.8 Å². The maximum absolute atomic E-state index is 14.2. The van der Waals surface area contributed by atoms with Crippen molar-refractivity contribution in [3.05, 3.63) is 30.0 Å². The van der Waals surface area contributed by atoms with E-state index in [1.165, 1.54) is 6.42 Å². The molecule has 3 amide bonds. The first-order valence-corrected chi connectivity index (χ1v) is 18.3. The lowest BCUT2D eigenvalue weighted by Crippen LogP contribution is -2.50. The van der Waals surface area contributed by atoms with Crippen molar-refractivity contribution in [1.29, 1.82) is 0 Å². The third kappa shape index (κ3) is 9.56. The number of fused-ring (bicyclic) bond motifs is 1. The number of ether oxygens (including phenoxy) is 3. The van der Waals surface area contributed by atoms with Crippen LogP contribution < -0.4 is 10.6 Å². The highest BCUT2D eigenvalue weighted by Gasteiger charge is 2.47. The highest BCUT2D eigenvalue weighted by molar-refractivity contribution is 6.00. The van der Waals surface area contributed by atoms with Crippen LogP contribution in [0, 0.1) is 23.7 Å². The van der Waals surface area contributed by atoms with Gasteiger partial charge in [-0.05, 0) is 94.9 Å². The minimum Gasteiger partial charge on any atom is -0.460 e. The Morgan fingerprint density at radius 2 is 1.72 bits per heavy atom. The summed E-state index contributed by atoms with van der Waals surface area (Å²) in [5, 5.41) is 6.43. The van der Waals surface area contributed by atoms with E-state index in [0.717, 1.165) is 32.1 Å². The van der Waals surface area contributed by atoms with E-state index >= 15 is 0 Å². The molecule has 1 aromatic heterocycles. The van der Waals surface area contributed by atoms with Crippen molar-refractivity contribution >= 4 is 40.5 Å². The van der Waals surface area contributed by atoms with Crippen molar-refractivity contribution < 1.29 is 42.2 Å². The van der Waals surface area contributed by atoms with Crippen molar-refractivity contribution in [3.63, 3.8) is 0 Å². The third-order valence-electron chi connectivity index (χ3n) is 10.5. The summed E-state index contributed by atoms with van der Waals surface area (Å²) in [6, 6.07) is 5.56. The molecule has 2 aliphatic carbocycles. The van der Waals surface area contributed by atoms with Gasteiger partial charge >= 0.3 is 12.1 Å². The van der Waals surface area contributed by atoms with Crippen molar-refractivity contribution in [1.82, 2.24) is 10.2 Å². The fourth-order valence-electron chi connectivity index (χ4n) is 8.08. The average Bonchev–Trinajstić information content (AvgIpc) is 3.73. The van der Waals surface area contributed by atoms with E-state index in [1.54, 1.807) is 57.0 Å². The van der Waals surface area contributed by atoms with Crippen molar-refractivity contribution in [2.75, 3.05) is 38.9 Å². The lowest BCUT2D eigenvalue weighted by atomic mass is 9.76. The molecule has 276 valence electrons. The molecule has 0 spiro atoms. The molecule has 2 N–H and O–H groups in total. The standard InChI is InChI=1S/C38H54FN3O8/c1-38(2,3)50-37(46)41-30(23-39)25-11-13-26(14-12-25)35(44)42-18-17-29(24-9-6-5-7-10-24)33(42)34(43)40-28-15-16-31-27(21-28)22-32(49-31)36(45)48-20-8-19-47-4/h15-16,21-22,24-26,29-30,33H,5-14,17-20,23H2,1-4H3,(H,40,43)(H,41,46)/t25-,26-,29-,30?,33-/m0/s1. The second-order valence-corrected chi connectivity index (χ2v) is 15.2. The monoisotopic (exact) mass is 699 g/mol. The number of hydrogen-bond donors (Lipinski definition) is 2. The number of nitrogens with one attached hydrogen (secondary N) is 2. The second-order valence-electron chi connectivity index (χ2n) is 15.2. The number of nitrogens with zero attached hydrogens (tertiary/aromatic N) is 1. The number of alkyl carbamates (subject to hydrolysis) is 1. The lowest BCUT2D eigenvalue weighted by Gasteiger charge is -2.37. The summed E-state index contributed by atoms with van der Waals surface area (Å²) >= 11 is 0. The van der Waals surface area contributed by atoms with E-state index in [9.17, 15) is 23.6 Å². The van der Waals surface area contributed by atoms with Crippen LogP contribution in [-0.4, -0.2) is 80.0 Å². The highest BCUT2D eigenvalue weighted by Crippen LogP contribution is 2.41. The van der Waals surface area contributed by atoms with Crippen LogP contribution in [0.4, 0.5) is 14.9 Å².